The molecule has 0 saturated heterocycles. The highest BCUT2D eigenvalue weighted by Gasteiger charge is 2.28. The molecule has 0 saturated carbocycles. The lowest BCUT2D eigenvalue weighted by molar-refractivity contribution is -0.154. The molecule has 30 heavy (non-hydrogen) atoms. The van der Waals surface area contributed by atoms with E-state index in [-0.39, 0.29) is 31.4 Å². The summed E-state index contributed by atoms with van der Waals surface area (Å²) in [5.41, 5.74) is 2.69. The van der Waals surface area contributed by atoms with Gasteiger partial charge in [0.25, 0.3) is 0 Å². The number of carbonyl (C=O) groups is 1. The molecule has 3 heterocycles. The van der Waals surface area contributed by atoms with Gasteiger partial charge in [0, 0.05) is 36.6 Å². The van der Waals surface area contributed by atoms with Crippen LogP contribution in [0.4, 0.5) is 13.2 Å². The molecule has 1 amide bonds. The van der Waals surface area contributed by atoms with Gasteiger partial charge in [0.15, 0.2) is 6.61 Å². The first-order valence-corrected chi connectivity index (χ1v) is 9.09. The van der Waals surface area contributed by atoms with Gasteiger partial charge in [-0.25, -0.2) is 4.98 Å². The van der Waals surface area contributed by atoms with Crippen LogP contribution in [0.3, 0.4) is 0 Å². The average molecular weight is 423 g/mol. The second-order valence-corrected chi connectivity index (χ2v) is 6.62. The molecule has 0 spiro atoms. The Balaban J connectivity index is 1.75. The van der Waals surface area contributed by atoms with E-state index < -0.39 is 12.8 Å². The van der Waals surface area contributed by atoms with Crippen LogP contribution in [0.2, 0.25) is 0 Å². The SMILES string of the molecule is Cc1cc(OCC(F)(F)F)ncc1Cn1cc2c(CC(=O)NCCO)nccc2n1. The van der Waals surface area contributed by atoms with Gasteiger partial charge in [0.05, 0.1) is 30.8 Å². The summed E-state index contributed by atoms with van der Waals surface area (Å²) in [5.74, 6) is -0.356. The Morgan fingerprint density at radius 2 is 2.13 bits per heavy atom. The molecule has 0 bridgehead atoms. The molecule has 0 aliphatic heterocycles. The van der Waals surface area contributed by atoms with Crippen LogP contribution >= 0.6 is 0 Å². The van der Waals surface area contributed by atoms with Crippen molar-refractivity contribution in [1.82, 2.24) is 25.1 Å². The molecule has 0 atom stereocenters. The van der Waals surface area contributed by atoms with Gasteiger partial charge in [-0.1, -0.05) is 0 Å². The topological polar surface area (TPSA) is 102 Å². The van der Waals surface area contributed by atoms with Crippen molar-refractivity contribution >= 4 is 16.8 Å². The largest absolute Gasteiger partial charge is 0.468 e. The molecular weight excluding hydrogens is 403 g/mol. The Morgan fingerprint density at radius 1 is 1.33 bits per heavy atom. The number of hydrogen-bond donors (Lipinski definition) is 2. The summed E-state index contributed by atoms with van der Waals surface area (Å²) < 4.78 is 43.2. The van der Waals surface area contributed by atoms with Crippen LogP contribution in [0.5, 0.6) is 5.88 Å². The Labute approximate surface area is 169 Å². The summed E-state index contributed by atoms with van der Waals surface area (Å²) in [6.45, 7) is 0.713. The van der Waals surface area contributed by atoms with Gasteiger partial charge in [-0.2, -0.15) is 18.3 Å². The minimum Gasteiger partial charge on any atom is -0.468 e. The molecule has 3 rings (SSSR count). The van der Waals surface area contributed by atoms with E-state index in [1.807, 2.05) is 0 Å². The summed E-state index contributed by atoms with van der Waals surface area (Å²) in [4.78, 5) is 20.1. The zero-order valence-electron chi connectivity index (χ0n) is 16.1. The third-order valence-electron chi connectivity index (χ3n) is 4.24. The van der Waals surface area contributed by atoms with Gasteiger partial charge < -0.3 is 15.2 Å². The van der Waals surface area contributed by atoms with E-state index in [1.165, 1.54) is 12.3 Å². The van der Waals surface area contributed by atoms with Gasteiger partial charge in [0.2, 0.25) is 11.8 Å². The highest BCUT2D eigenvalue weighted by atomic mass is 19.4. The van der Waals surface area contributed by atoms with Crippen molar-refractivity contribution in [1.29, 1.82) is 0 Å². The van der Waals surface area contributed by atoms with Crippen LogP contribution in [0.25, 0.3) is 10.9 Å². The Morgan fingerprint density at radius 3 is 2.83 bits per heavy atom. The van der Waals surface area contributed by atoms with Crippen LogP contribution < -0.4 is 10.1 Å². The van der Waals surface area contributed by atoms with Crippen LogP contribution in [-0.4, -0.2) is 56.7 Å². The van der Waals surface area contributed by atoms with Crippen LogP contribution in [0.15, 0.2) is 30.7 Å². The van der Waals surface area contributed by atoms with E-state index in [0.717, 1.165) is 5.56 Å². The number of nitrogens with one attached hydrogen (secondary N) is 1. The van der Waals surface area contributed by atoms with Gasteiger partial charge in [-0.15, -0.1) is 0 Å². The van der Waals surface area contributed by atoms with Crippen molar-refractivity contribution in [3.63, 3.8) is 0 Å². The predicted octanol–water partition coefficient (Wildman–Crippen LogP) is 1.78. The van der Waals surface area contributed by atoms with E-state index in [4.69, 9.17) is 5.11 Å². The number of halogens is 3. The summed E-state index contributed by atoms with van der Waals surface area (Å²) in [5, 5.41) is 16.6. The van der Waals surface area contributed by atoms with Crippen LogP contribution in [-0.2, 0) is 17.8 Å². The number of rotatable bonds is 8. The number of ether oxygens (including phenoxy) is 1. The van der Waals surface area contributed by atoms with Gasteiger partial charge in [-0.3, -0.25) is 14.5 Å². The van der Waals surface area contributed by atoms with E-state index in [9.17, 15) is 18.0 Å². The summed E-state index contributed by atoms with van der Waals surface area (Å²) in [6.07, 6.45) is 0.395. The van der Waals surface area contributed by atoms with Gasteiger partial charge in [-0.05, 0) is 24.1 Å². The summed E-state index contributed by atoms with van der Waals surface area (Å²) in [7, 11) is 0. The van der Waals surface area contributed by atoms with E-state index >= 15 is 0 Å². The number of nitrogens with zero attached hydrogens (tertiary/aromatic N) is 4. The van der Waals surface area contributed by atoms with E-state index in [2.05, 4.69) is 25.1 Å². The number of amides is 1. The number of pyridine rings is 2. The first-order valence-electron chi connectivity index (χ1n) is 9.09. The number of aryl methyl sites for hydroxylation is 1. The maximum atomic E-state index is 12.3. The second-order valence-electron chi connectivity index (χ2n) is 6.62. The maximum absolute atomic E-state index is 12.3. The van der Waals surface area contributed by atoms with E-state index in [1.54, 1.807) is 30.1 Å². The fourth-order valence-electron chi connectivity index (χ4n) is 2.81. The zero-order valence-corrected chi connectivity index (χ0v) is 16.1. The molecule has 160 valence electrons. The quantitative estimate of drug-likeness (QED) is 0.573. The molecule has 3 aromatic heterocycles. The van der Waals surface area contributed by atoms with Crippen molar-refractivity contribution in [2.24, 2.45) is 0 Å². The van der Waals surface area contributed by atoms with Crippen molar-refractivity contribution in [3.05, 3.63) is 47.5 Å². The molecular formula is C19H20F3N5O3. The predicted molar refractivity (Wildman–Crippen MR) is 101 cm³/mol. The normalized spacial score (nSPS) is 11.6. The molecule has 0 unspecified atom stereocenters. The second kappa shape index (κ2) is 9.08. The van der Waals surface area contributed by atoms with Crippen molar-refractivity contribution in [2.75, 3.05) is 19.8 Å². The Kier molecular flexibility index (Phi) is 6.50. The minimum absolute atomic E-state index is 0.0505. The lowest BCUT2D eigenvalue weighted by Crippen LogP contribution is -2.28. The fraction of sp³-hybridized carbons (Fsp3) is 0.368. The molecule has 0 aromatic carbocycles. The van der Waals surface area contributed by atoms with Crippen LogP contribution in [0, 0.1) is 6.92 Å². The zero-order chi connectivity index (χ0) is 21.7. The van der Waals surface area contributed by atoms with Crippen molar-refractivity contribution in [3.8, 4) is 5.88 Å². The highest BCUT2D eigenvalue weighted by molar-refractivity contribution is 5.86. The molecule has 0 aliphatic rings. The fourth-order valence-corrected chi connectivity index (χ4v) is 2.81. The number of aliphatic hydroxyl groups is 1. The third-order valence-corrected chi connectivity index (χ3v) is 4.24. The monoisotopic (exact) mass is 423 g/mol. The Hall–Kier alpha value is -3.21. The number of aliphatic hydroxyl groups excluding tert-OH is 1. The standard InChI is InChI=1S/C19H20F3N5O3/c1-12-6-18(30-11-19(20,21)22)25-8-13(12)9-27-10-14-15(26-27)2-3-23-16(14)7-17(29)24-4-5-28/h2-3,6,8,10,28H,4-5,7,9,11H2,1H3,(H,24,29). The summed E-state index contributed by atoms with van der Waals surface area (Å²) >= 11 is 0. The molecule has 8 nitrogen and oxygen atoms in total. The summed E-state index contributed by atoms with van der Waals surface area (Å²) in [6, 6.07) is 3.17. The first-order chi connectivity index (χ1) is 14.2. The van der Waals surface area contributed by atoms with Crippen LogP contribution in [0.1, 0.15) is 16.8 Å². The Bertz CT molecular complexity index is 1040. The van der Waals surface area contributed by atoms with E-state index in [0.29, 0.717) is 28.7 Å². The highest BCUT2D eigenvalue weighted by Crippen LogP contribution is 2.21. The average Bonchev–Trinajstić information content (AvgIpc) is 3.10. The number of alkyl halides is 3. The first kappa shape index (κ1) is 21.5. The minimum atomic E-state index is -4.43. The maximum Gasteiger partial charge on any atom is 0.422 e. The molecule has 11 heteroatoms. The number of aromatic nitrogens is 4. The third kappa shape index (κ3) is 5.66. The lowest BCUT2D eigenvalue weighted by Gasteiger charge is -2.11. The smallest absolute Gasteiger partial charge is 0.422 e. The molecule has 3 aromatic rings. The molecule has 0 fully saturated rings. The van der Waals surface area contributed by atoms with Crippen molar-refractivity contribution in [2.45, 2.75) is 26.1 Å². The number of hydrogen-bond acceptors (Lipinski definition) is 6. The molecule has 0 aliphatic carbocycles. The lowest BCUT2D eigenvalue weighted by atomic mass is 10.1. The molecule has 0 radical (unpaired) electrons. The molecule has 2 N–H and O–H groups in total. The van der Waals surface area contributed by atoms with Gasteiger partial charge >= 0.3 is 6.18 Å². The van der Waals surface area contributed by atoms with Gasteiger partial charge in [0.1, 0.15) is 0 Å². The number of carbonyl (C=O) groups excluding carboxylic acids is 1. The number of fused-ring (bicyclic) bond motifs is 1. The van der Waals surface area contributed by atoms with Crippen molar-refractivity contribution < 1.29 is 27.8 Å².